The Morgan fingerprint density at radius 2 is 1.97 bits per heavy atom. The zero-order valence-electron chi connectivity index (χ0n) is 17.8. The molecule has 1 heterocycles. The molecule has 2 aromatic rings. The van der Waals surface area contributed by atoms with Crippen LogP contribution in [0.2, 0.25) is 0 Å². The number of anilines is 1. The fraction of sp³-hybridized carbons (Fsp3) is 0.318. The molecule has 0 spiro atoms. The largest absolute Gasteiger partial charge is 0.465 e. The number of carbonyl (C=O) groups is 1. The zero-order valence-corrected chi connectivity index (χ0v) is 20.2. The van der Waals surface area contributed by atoms with Crippen LogP contribution in [0.25, 0.3) is 5.70 Å². The fourth-order valence-corrected chi connectivity index (χ4v) is 4.18. The average Bonchev–Trinajstić information content (AvgIpc) is 2.73. The Kier molecular flexibility index (Phi) is 9.33. The van der Waals surface area contributed by atoms with E-state index in [-0.39, 0.29) is 17.3 Å². The number of pyridine rings is 1. The van der Waals surface area contributed by atoms with Crippen LogP contribution in [0.3, 0.4) is 0 Å². The molecule has 0 bridgehead atoms. The van der Waals surface area contributed by atoms with Crippen molar-refractivity contribution in [3.05, 3.63) is 62.6 Å². The smallest absolute Gasteiger partial charge is 0.417 e. The molecule has 0 saturated heterocycles. The third-order valence-corrected chi connectivity index (χ3v) is 5.77. The number of alkyl halides is 3. The van der Waals surface area contributed by atoms with Crippen molar-refractivity contribution in [2.75, 3.05) is 18.3 Å². The highest BCUT2D eigenvalue weighted by Crippen LogP contribution is 2.34. The Balaban J connectivity index is 2.30. The molecule has 1 aromatic heterocycles. The Hall–Kier alpha value is -2.33. The second-order valence-electron chi connectivity index (χ2n) is 7.11. The van der Waals surface area contributed by atoms with Crippen LogP contribution < -0.4 is 5.32 Å². The van der Waals surface area contributed by atoms with Crippen molar-refractivity contribution in [1.82, 2.24) is 4.98 Å². The molecule has 0 unspecified atom stereocenters. The minimum atomic E-state index is -4.62. The third-order valence-electron chi connectivity index (χ3n) is 4.24. The molecule has 0 aliphatic heterocycles. The van der Waals surface area contributed by atoms with Gasteiger partial charge in [-0.25, -0.2) is 9.78 Å². The van der Waals surface area contributed by atoms with E-state index < -0.39 is 17.7 Å². The van der Waals surface area contributed by atoms with Gasteiger partial charge in [0.05, 0.1) is 24.2 Å². The van der Waals surface area contributed by atoms with Crippen LogP contribution in [0.4, 0.5) is 19.0 Å². The number of hydrogen-bond acceptors (Lipinski definition) is 6. The number of benzene rings is 1. The first-order valence-corrected chi connectivity index (χ1v) is 11.3. The molecular formula is C22H23BrF3N3O2S. The number of ether oxygens (including phenoxy) is 1. The van der Waals surface area contributed by atoms with E-state index >= 15 is 0 Å². The summed E-state index contributed by atoms with van der Waals surface area (Å²) in [4.78, 5) is 21.0. The van der Waals surface area contributed by atoms with Gasteiger partial charge in [0.2, 0.25) is 0 Å². The van der Waals surface area contributed by atoms with Crippen molar-refractivity contribution in [1.29, 1.82) is 0 Å². The molecule has 0 atom stereocenters. The van der Waals surface area contributed by atoms with Gasteiger partial charge in [-0.05, 0) is 37.3 Å². The van der Waals surface area contributed by atoms with Crippen LogP contribution in [0.1, 0.15) is 41.8 Å². The summed E-state index contributed by atoms with van der Waals surface area (Å²) in [5.41, 5.74) is 0.318. The number of hydrogen-bond donors (Lipinski definition) is 1. The van der Waals surface area contributed by atoms with Gasteiger partial charge in [0, 0.05) is 21.1 Å². The molecule has 0 aliphatic carbocycles. The lowest BCUT2D eigenvalue weighted by Crippen LogP contribution is -2.14. The predicted octanol–water partition coefficient (Wildman–Crippen LogP) is 6.87. The summed E-state index contributed by atoms with van der Waals surface area (Å²) in [6.07, 6.45) is -3.21. The van der Waals surface area contributed by atoms with Gasteiger partial charge in [-0.3, -0.25) is 4.99 Å². The summed E-state index contributed by atoms with van der Waals surface area (Å²) in [5, 5.41) is 2.93. The molecule has 172 valence electrons. The van der Waals surface area contributed by atoms with Gasteiger partial charge < -0.3 is 10.1 Å². The molecule has 5 nitrogen and oxygen atoms in total. The number of carbonyl (C=O) groups excluding carboxylic acids is 1. The van der Waals surface area contributed by atoms with Crippen LogP contribution >= 0.6 is 27.7 Å². The number of nitrogens with zero attached hydrogens (tertiary/aromatic N) is 2. The third kappa shape index (κ3) is 7.09. The summed E-state index contributed by atoms with van der Waals surface area (Å²) in [7, 11) is 1.10. The number of thioether (sulfide) groups is 1. The fourth-order valence-electron chi connectivity index (χ4n) is 2.76. The molecule has 0 aliphatic rings. The second kappa shape index (κ2) is 11.5. The summed E-state index contributed by atoms with van der Waals surface area (Å²) in [6, 6.07) is 8.40. The van der Waals surface area contributed by atoms with Gasteiger partial charge in [0.15, 0.2) is 0 Å². The van der Waals surface area contributed by atoms with E-state index in [2.05, 4.69) is 56.5 Å². The van der Waals surface area contributed by atoms with Crippen LogP contribution in [0.15, 0.2) is 50.9 Å². The van der Waals surface area contributed by atoms with E-state index in [1.807, 2.05) is 24.3 Å². The monoisotopic (exact) mass is 529 g/mol. The van der Waals surface area contributed by atoms with Crippen molar-refractivity contribution in [2.24, 2.45) is 10.9 Å². The lowest BCUT2D eigenvalue weighted by Gasteiger charge is -2.16. The lowest BCUT2D eigenvalue weighted by molar-refractivity contribution is -0.137. The van der Waals surface area contributed by atoms with E-state index in [1.54, 1.807) is 0 Å². The molecule has 10 heteroatoms. The van der Waals surface area contributed by atoms with Crippen LogP contribution in [-0.4, -0.2) is 30.7 Å². The number of esters is 1. The van der Waals surface area contributed by atoms with Crippen LogP contribution in [-0.2, 0) is 10.9 Å². The highest BCUT2D eigenvalue weighted by molar-refractivity contribution is 9.10. The van der Waals surface area contributed by atoms with E-state index in [0.717, 1.165) is 40.2 Å². The predicted molar refractivity (Wildman–Crippen MR) is 127 cm³/mol. The number of rotatable bonds is 9. The van der Waals surface area contributed by atoms with Crippen molar-refractivity contribution >= 4 is 51.9 Å². The highest BCUT2D eigenvalue weighted by atomic mass is 79.9. The normalized spacial score (nSPS) is 12.4. The summed E-state index contributed by atoms with van der Waals surface area (Å²) in [5.74, 6) is -0.310. The number of methoxy groups -OCH3 is 1. The molecule has 32 heavy (non-hydrogen) atoms. The van der Waals surface area contributed by atoms with Crippen LogP contribution in [0, 0.1) is 5.92 Å². The SMILES string of the molecule is C=N/C(=C(/CC(C)C)SCNc1ncc(C(F)(F)F)cc1C(=O)OC)c1ccc(Br)cc1. The summed E-state index contributed by atoms with van der Waals surface area (Å²) >= 11 is 4.83. The topological polar surface area (TPSA) is 63.6 Å². The quantitative estimate of drug-likeness (QED) is 0.218. The number of halogens is 4. The van der Waals surface area contributed by atoms with Gasteiger partial charge in [-0.2, -0.15) is 13.2 Å². The molecule has 0 fully saturated rings. The summed E-state index contributed by atoms with van der Waals surface area (Å²) in [6.45, 7) is 7.85. The lowest BCUT2D eigenvalue weighted by atomic mass is 10.1. The van der Waals surface area contributed by atoms with E-state index in [4.69, 9.17) is 0 Å². The first-order chi connectivity index (χ1) is 15.1. The maximum Gasteiger partial charge on any atom is 0.417 e. The Bertz CT molecular complexity index is 993. The van der Waals surface area contributed by atoms with E-state index in [0.29, 0.717) is 12.1 Å². The van der Waals surface area contributed by atoms with Crippen molar-refractivity contribution in [3.8, 4) is 0 Å². The molecule has 0 radical (unpaired) electrons. The summed E-state index contributed by atoms with van der Waals surface area (Å²) < 4.78 is 44.6. The maximum absolute atomic E-state index is 13.0. The Morgan fingerprint density at radius 3 is 2.50 bits per heavy atom. The second-order valence-corrected chi connectivity index (χ2v) is 9.10. The maximum atomic E-state index is 13.0. The first kappa shape index (κ1) is 25.9. The first-order valence-electron chi connectivity index (χ1n) is 9.54. The van der Waals surface area contributed by atoms with E-state index in [9.17, 15) is 18.0 Å². The molecule has 0 saturated carbocycles. The zero-order chi connectivity index (χ0) is 23.9. The van der Waals surface area contributed by atoms with Crippen molar-refractivity contribution in [3.63, 3.8) is 0 Å². The molecular weight excluding hydrogens is 507 g/mol. The van der Waals surface area contributed by atoms with Crippen LogP contribution in [0.5, 0.6) is 0 Å². The number of aliphatic imine (C=N–C) groups is 1. The molecule has 1 N–H and O–H groups in total. The minimum Gasteiger partial charge on any atom is -0.465 e. The highest BCUT2D eigenvalue weighted by Gasteiger charge is 2.32. The van der Waals surface area contributed by atoms with E-state index in [1.165, 1.54) is 11.8 Å². The number of nitrogens with one attached hydrogen (secondary N) is 1. The van der Waals surface area contributed by atoms with Gasteiger partial charge in [0.25, 0.3) is 0 Å². The molecule has 0 amide bonds. The van der Waals surface area contributed by atoms with Crippen molar-refractivity contribution < 1.29 is 22.7 Å². The Morgan fingerprint density at radius 1 is 1.31 bits per heavy atom. The van der Waals surface area contributed by atoms with Gasteiger partial charge in [0.1, 0.15) is 11.4 Å². The number of aromatic nitrogens is 1. The van der Waals surface area contributed by atoms with Crippen molar-refractivity contribution in [2.45, 2.75) is 26.4 Å². The minimum absolute atomic E-state index is 0.0120. The Labute approximate surface area is 197 Å². The average molecular weight is 530 g/mol. The van der Waals surface area contributed by atoms with Gasteiger partial charge in [-0.1, -0.05) is 41.9 Å². The van der Waals surface area contributed by atoms with Gasteiger partial charge in [-0.15, -0.1) is 11.8 Å². The van der Waals surface area contributed by atoms with Gasteiger partial charge >= 0.3 is 12.1 Å². The molecule has 2 rings (SSSR count). The molecule has 1 aromatic carbocycles. The standard InChI is InChI=1S/C22H23BrF3N3O2S/c1-13(2)9-18(19(27-3)14-5-7-16(23)8-6-14)32-12-29-20-17(21(30)31-4)10-15(11-28-20)22(24,25)26/h5-8,10-11,13H,3,9,12H2,1-2,4H3,(H,28,29)/b19-18-. The number of allylic oxidation sites excluding steroid dienone is 1.